The lowest BCUT2D eigenvalue weighted by atomic mass is 10.1. The van der Waals surface area contributed by atoms with E-state index in [0.717, 1.165) is 6.26 Å². The summed E-state index contributed by atoms with van der Waals surface area (Å²) in [7, 11) is -0.590. The second-order valence-corrected chi connectivity index (χ2v) is 6.41. The average Bonchev–Trinajstić information content (AvgIpc) is 2.35. The molecule has 0 saturated heterocycles. The van der Waals surface area contributed by atoms with E-state index < -0.39 is 16.0 Å². The molecule has 0 aliphatic rings. The zero-order valence-electron chi connectivity index (χ0n) is 12.5. The normalized spacial score (nSPS) is 12.6. The van der Waals surface area contributed by atoms with E-state index in [1.54, 1.807) is 19.2 Å². The summed E-state index contributed by atoms with van der Waals surface area (Å²) in [6.45, 7) is 2.37. The fraction of sp³-hybridized carbons (Fsp3) is 0.462. The highest BCUT2D eigenvalue weighted by atomic mass is 32.2. The summed E-state index contributed by atoms with van der Waals surface area (Å²) in [4.78, 5) is 11.6. The Balaban J connectivity index is 3.11. The van der Waals surface area contributed by atoms with Crippen LogP contribution in [-0.4, -0.2) is 47.5 Å². The first kappa shape index (κ1) is 17.3. The van der Waals surface area contributed by atoms with Crippen molar-refractivity contribution in [2.75, 3.05) is 37.1 Å². The van der Waals surface area contributed by atoms with E-state index in [2.05, 4.69) is 14.8 Å². The minimum atomic E-state index is -3.44. The van der Waals surface area contributed by atoms with Gasteiger partial charge in [-0.3, -0.25) is 4.72 Å². The predicted octanol–water partition coefficient (Wildman–Crippen LogP) is 1.29. The average molecular weight is 316 g/mol. The van der Waals surface area contributed by atoms with Gasteiger partial charge in [-0.2, -0.15) is 0 Å². The maximum absolute atomic E-state index is 11.6. The second-order valence-electron chi connectivity index (χ2n) is 4.67. The largest absolute Gasteiger partial charge is 0.465 e. The van der Waals surface area contributed by atoms with Crippen molar-refractivity contribution in [2.45, 2.75) is 13.0 Å². The molecule has 0 fully saturated rings. The molecule has 0 radical (unpaired) electrons. The van der Waals surface area contributed by atoms with Gasteiger partial charge in [-0.05, 0) is 25.1 Å². The summed E-state index contributed by atoms with van der Waals surface area (Å²) in [5.41, 5.74) is 1.12. The fourth-order valence-corrected chi connectivity index (χ4v) is 2.34. The molecule has 7 nitrogen and oxygen atoms in total. The molecule has 0 aliphatic carbocycles. The maximum Gasteiger partial charge on any atom is 0.337 e. The minimum Gasteiger partial charge on any atom is -0.465 e. The van der Waals surface area contributed by atoms with Gasteiger partial charge in [0.2, 0.25) is 10.0 Å². The molecule has 0 heterocycles. The van der Waals surface area contributed by atoms with E-state index in [1.165, 1.54) is 13.2 Å². The molecule has 1 atom stereocenters. The molecule has 0 saturated carbocycles. The first-order chi connectivity index (χ1) is 9.75. The number of ether oxygens (including phenoxy) is 2. The molecule has 1 aromatic carbocycles. The lowest BCUT2D eigenvalue weighted by Crippen LogP contribution is -2.21. The number of hydrogen-bond acceptors (Lipinski definition) is 6. The van der Waals surface area contributed by atoms with Crippen molar-refractivity contribution in [3.05, 3.63) is 23.8 Å². The highest BCUT2D eigenvalue weighted by molar-refractivity contribution is 7.92. The third-order valence-corrected chi connectivity index (χ3v) is 3.09. The molecule has 0 aromatic heterocycles. The molecule has 1 unspecified atom stereocenters. The Hall–Kier alpha value is -1.80. The number of carbonyl (C=O) groups is 1. The van der Waals surface area contributed by atoms with Gasteiger partial charge < -0.3 is 14.8 Å². The Bertz CT molecular complexity index is 601. The number of sulfonamides is 1. The Kier molecular flexibility index (Phi) is 5.98. The van der Waals surface area contributed by atoms with Crippen LogP contribution >= 0.6 is 0 Å². The lowest BCUT2D eigenvalue weighted by Gasteiger charge is -2.16. The highest BCUT2D eigenvalue weighted by Gasteiger charge is 2.12. The van der Waals surface area contributed by atoms with Gasteiger partial charge in [0.25, 0.3) is 0 Å². The molecular formula is C13H20N2O5S. The van der Waals surface area contributed by atoms with Crippen LogP contribution in [0.15, 0.2) is 18.2 Å². The third kappa shape index (κ3) is 6.01. The van der Waals surface area contributed by atoms with Crippen molar-refractivity contribution < 1.29 is 22.7 Å². The zero-order valence-corrected chi connectivity index (χ0v) is 13.3. The number of methoxy groups -OCH3 is 2. The molecule has 21 heavy (non-hydrogen) atoms. The summed E-state index contributed by atoms with van der Waals surface area (Å²) >= 11 is 0. The highest BCUT2D eigenvalue weighted by Crippen LogP contribution is 2.21. The van der Waals surface area contributed by atoms with Crippen molar-refractivity contribution in [3.63, 3.8) is 0 Å². The van der Waals surface area contributed by atoms with Crippen molar-refractivity contribution in [2.24, 2.45) is 0 Å². The van der Waals surface area contributed by atoms with Crippen LogP contribution in [0.3, 0.4) is 0 Å². The molecule has 2 N–H and O–H groups in total. The van der Waals surface area contributed by atoms with Crippen LogP contribution in [-0.2, 0) is 19.5 Å². The van der Waals surface area contributed by atoms with Crippen LogP contribution in [0.25, 0.3) is 0 Å². The van der Waals surface area contributed by atoms with Crippen molar-refractivity contribution >= 4 is 27.4 Å². The number of benzene rings is 1. The van der Waals surface area contributed by atoms with Crippen molar-refractivity contribution in [1.82, 2.24) is 0 Å². The molecule has 0 amide bonds. The van der Waals surface area contributed by atoms with E-state index in [0.29, 0.717) is 12.3 Å². The number of rotatable bonds is 7. The molecule has 8 heteroatoms. The first-order valence-electron chi connectivity index (χ1n) is 6.22. The summed E-state index contributed by atoms with van der Waals surface area (Å²) in [5.74, 6) is -0.547. The summed E-state index contributed by atoms with van der Waals surface area (Å²) in [6.07, 6.45) is 1.04. The molecule has 0 bridgehead atoms. The quantitative estimate of drug-likeness (QED) is 0.736. The smallest absolute Gasteiger partial charge is 0.337 e. The van der Waals surface area contributed by atoms with Gasteiger partial charge >= 0.3 is 5.97 Å². The van der Waals surface area contributed by atoms with Gasteiger partial charge in [0.1, 0.15) is 0 Å². The van der Waals surface area contributed by atoms with Gasteiger partial charge in [-0.25, -0.2) is 13.2 Å². The van der Waals surface area contributed by atoms with Crippen LogP contribution in [0.2, 0.25) is 0 Å². The van der Waals surface area contributed by atoms with Gasteiger partial charge in [0.05, 0.1) is 31.2 Å². The third-order valence-electron chi connectivity index (χ3n) is 2.49. The summed E-state index contributed by atoms with van der Waals surface area (Å²) < 4.78 is 34.7. The summed E-state index contributed by atoms with van der Waals surface area (Å²) in [5, 5.41) is 3.12. The Morgan fingerprint density at radius 1 is 1.24 bits per heavy atom. The topological polar surface area (TPSA) is 93.7 Å². The number of carbonyl (C=O) groups excluding carboxylic acids is 1. The first-order valence-corrected chi connectivity index (χ1v) is 8.11. The molecule has 118 valence electrons. The summed E-state index contributed by atoms with van der Waals surface area (Å²) in [6, 6.07) is 4.60. The van der Waals surface area contributed by atoms with Crippen LogP contribution in [0.1, 0.15) is 17.3 Å². The van der Waals surface area contributed by atoms with Crippen molar-refractivity contribution in [3.8, 4) is 0 Å². The second kappa shape index (κ2) is 7.28. The van der Waals surface area contributed by atoms with E-state index in [-0.39, 0.29) is 17.3 Å². The zero-order chi connectivity index (χ0) is 16.0. The number of esters is 1. The monoisotopic (exact) mass is 316 g/mol. The van der Waals surface area contributed by atoms with E-state index in [9.17, 15) is 13.2 Å². The Morgan fingerprint density at radius 3 is 2.38 bits per heavy atom. The van der Waals surface area contributed by atoms with Crippen LogP contribution in [0.4, 0.5) is 11.4 Å². The van der Waals surface area contributed by atoms with Gasteiger partial charge in [0, 0.05) is 18.8 Å². The van der Waals surface area contributed by atoms with Crippen LogP contribution in [0.5, 0.6) is 0 Å². The van der Waals surface area contributed by atoms with E-state index in [1.807, 2.05) is 6.92 Å². The number of nitrogens with one attached hydrogen (secondary N) is 2. The molecular weight excluding hydrogens is 296 g/mol. The lowest BCUT2D eigenvalue weighted by molar-refractivity contribution is 0.0601. The van der Waals surface area contributed by atoms with Gasteiger partial charge in [0.15, 0.2) is 0 Å². The van der Waals surface area contributed by atoms with E-state index >= 15 is 0 Å². The van der Waals surface area contributed by atoms with Crippen LogP contribution < -0.4 is 10.0 Å². The molecule has 1 aromatic rings. The number of anilines is 2. The van der Waals surface area contributed by atoms with Gasteiger partial charge in [-0.1, -0.05) is 0 Å². The van der Waals surface area contributed by atoms with Crippen molar-refractivity contribution in [1.29, 1.82) is 0 Å². The Morgan fingerprint density at radius 2 is 1.86 bits per heavy atom. The van der Waals surface area contributed by atoms with Gasteiger partial charge in [-0.15, -0.1) is 0 Å². The molecule has 0 spiro atoms. The number of hydrogen-bond donors (Lipinski definition) is 2. The van der Waals surface area contributed by atoms with Crippen LogP contribution in [0, 0.1) is 0 Å². The molecule has 0 aliphatic heterocycles. The maximum atomic E-state index is 11.6. The standard InChI is InChI=1S/C13H20N2O5S/c1-9(8-19-2)14-11-5-10(13(16)20-3)6-12(7-11)15-21(4,17)18/h5-7,9,14-15H,8H2,1-4H3. The SMILES string of the molecule is COCC(C)Nc1cc(NS(C)(=O)=O)cc(C(=O)OC)c1. The predicted molar refractivity (Wildman–Crippen MR) is 81.2 cm³/mol. The Labute approximate surface area is 124 Å². The molecule has 1 rings (SSSR count). The van der Waals surface area contributed by atoms with E-state index in [4.69, 9.17) is 4.74 Å². The minimum absolute atomic E-state index is 0.00557. The fourth-order valence-electron chi connectivity index (χ4n) is 1.80.